The highest BCUT2D eigenvalue weighted by Crippen LogP contribution is 2.63. The zero-order chi connectivity index (χ0) is 19.1. The lowest BCUT2D eigenvalue weighted by atomic mass is 9.70. The fourth-order valence-electron chi connectivity index (χ4n) is 4.68. The summed E-state index contributed by atoms with van der Waals surface area (Å²) in [6.45, 7) is 11.0. The predicted molar refractivity (Wildman–Crippen MR) is 106 cm³/mol. The summed E-state index contributed by atoms with van der Waals surface area (Å²) in [5.41, 5.74) is 7.38. The standard InChI is InChI=1S/C20H30N4OS/c1-12-15(13(2)22-18(21-12)26-6)7-8-17(25)24-23-16-11-14-9-10-20(16,5)19(14,3)4/h14H,7-11H2,1-6H3,(H,24,25)/b23-16-/t14-,20-/m0/s1. The molecule has 6 heteroatoms. The van der Waals surface area contributed by atoms with Crippen molar-refractivity contribution in [3.63, 3.8) is 0 Å². The number of hydrogen-bond donors (Lipinski definition) is 1. The second-order valence-electron chi connectivity index (χ2n) is 8.45. The molecule has 2 aliphatic rings. The Morgan fingerprint density at radius 2 is 1.92 bits per heavy atom. The fraction of sp³-hybridized carbons (Fsp3) is 0.700. The minimum atomic E-state index is -0.0329. The smallest absolute Gasteiger partial charge is 0.240 e. The van der Waals surface area contributed by atoms with Crippen LogP contribution in [0.5, 0.6) is 0 Å². The Balaban J connectivity index is 1.61. The third-order valence-corrected chi connectivity index (χ3v) is 7.56. The van der Waals surface area contributed by atoms with E-state index in [1.54, 1.807) is 0 Å². The number of hydrazone groups is 1. The van der Waals surface area contributed by atoms with Gasteiger partial charge in [-0.25, -0.2) is 15.4 Å². The molecular weight excluding hydrogens is 344 g/mol. The van der Waals surface area contributed by atoms with Crippen LogP contribution in [0.15, 0.2) is 10.3 Å². The van der Waals surface area contributed by atoms with Gasteiger partial charge in [0.25, 0.3) is 0 Å². The number of nitrogens with zero attached hydrogens (tertiary/aromatic N) is 3. The van der Waals surface area contributed by atoms with Crippen molar-refractivity contribution in [2.45, 2.75) is 71.9 Å². The molecule has 2 bridgehead atoms. The lowest BCUT2D eigenvalue weighted by molar-refractivity contribution is -0.121. The molecule has 0 saturated heterocycles. The fourth-order valence-corrected chi connectivity index (χ4v) is 5.14. The molecule has 1 N–H and O–H groups in total. The highest BCUT2D eigenvalue weighted by atomic mass is 32.2. The maximum atomic E-state index is 12.3. The summed E-state index contributed by atoms with van der Waals surface area (Å²) in [7, 11) is 0. The van der Waals surface area contributed by atoms with E-state index in [-0.39, 0.29) is 16.7 Å². The van der Waals surface area contributed by atoms with Crippen molar-refractivity contribution in [3.8, 4) is 0 Å². The van der Waals surface area contributed by atoms with Gasteiger partial charge in [0.15, 0.2) is 5.16 Å². The monoisotopic (exact) mass is 374 g/mol. The lowest BCUT2D eigenvalue weighted by Crippen LogP contribution is -2.34. The number of aryl methyl sites for hydroxylation is 2. The molecular formula is C20H30N4OS. The van der Waals surface area contributed by atoms with E-state index in [1.165, 1.54) is 30.3 Å². The topological polar surface area (TPSA) is 67.2 Å². The van der Waals surface area contributed by atoms with Gasteiger partial charge in [-0.1, -0.05) is 32.5 Å². The zero-order valence-corrected chi connectivity index (χ0v) is 17.6. The Labute approximate surface area is 160 Å². The average molecular weight is 375 g/mol. The summed E-state index contributed by atoms with van der Waals surface area (Å²) in [4.78, 5) is 21.3. The van der Waals surface area contributed by atoms with Crippen LogP contribution in [-0.4, -0.2) is 27.8 Å². The zero-order valence-electron chi connectivity index (χ0n) is 16.8. The Bertz CT molecular complexity index is 735. The first-order valence-corrected chi connectivity index (χ1v) is 10.7. The van der Waals surface area contributed by atoms with E-state index in [4.69, 9.17) is 0 Å². The minimum absolute atomic E-state index is 0.0329. The van der Waals surface area contributed by atoms with Crippen molar-refractivity contribution in [3.05, 3.63) is 17.0 Å². The first-order chi connectivity index (χ1) is 12.2. The van der Waals surface area contributed by atoms with Crippen molar-refractivity contribution in [1.29, 1.82) is 0 Å². The van der Waals surface area contributed by atoms with Crippen LogP contribution in [0, 0.1) is 30.6 Å². The maximum absolute atomic E-state index is 12.3. The van der Waals surface area contributed by atoms with E-state index in [0.29, 0.717) is 18.8 Å². The van der Waals surface area contributed by atoms with Crippen LogP contribution in [0.2, 0.25) is 0 Å². The van der Waals surface area contributed by atoms with Crippen molar-refractivity contribution < 1.29 is 4.79 Å². The summed E-state index contributed by atoms with van der Waals surface area (Å²) < 4.78 is 0. The predicted octanol–water partition coefficient (Wildman–Crippen LogP) is 4.07. The number of carbonyl (C=O) groups excluding carboxylic acids is 1. The van der Waals surface area contributed by atoms with Gasteiger partial charge in [0, 0.05) is 28.9 Å². The summed E-state index contributed by atoms with van der Waals surface area (Å²) in [5.74, 6) is 0.662. The molecule has 2 aliphatic carbocycles. The first-order valence-electron chi connectivity index (χ1n) is 9.43. The third-order valence-electron chi connectivity index (χ3n) is 7.01. The van der Waals surface area contributed by atoms with Crippen LogP contribution in [0.3, 0.4) is 0 Å². The molecule has 0 aromatic carbocycles. The van der Waals surface area contributed by atoms with Gasteiger partial charge in [0.05, 0.1) is 0 Å². The van der Waals surface area contributed by atoms with Gasteiger partial charge in [-0.15, -0.1) is 0 Å². The molecule has 2 saturated carbocycles. The van der Waals surface area contributed by atoms with Crippen LogP contribution >= 0.6 is 11.8 Å². The van der Waals surface area contributed by atoms with Crippen LogP contribution < -0.4 is 5.43 Å². The number of aromatic nitrogens is 2. The molecule has 1 amide bonds. The van der Waals surface area contributed by atoms with Crippen molar-refractivity contribution in [2.75, 3.05) is 6.26 Å². The SMILES string of the molecule is CSc1nc(C)c(CCC(=O)N/N=C2/C[C@@H]3CC[C@]2(C)C3(C)C)c(C)n1. The molecule has 0 unspecified atom stereocenters. The molecule has 1 heterocycles. The summed E-state index contributed by atoms with van der Waals surface area (Å²) in [5, 5.41) is 5.32. The van der Waals surface area contributed by atoms with Crippen LogP contribution in [-0.2, 0) is 11.2 Å². The largest absolute Gasteiger partial charge is 0.273 e. The highest BCUT2D eigenvalue weighted by Gasteiger charge is 2.59. The van der Waals surface area contributed by atoms with E-state index in [0.717, 1.165) is 28.5 Å². The van der Waals surface area contributed by atoms with Gasteiger partial charge in [0.2, 0.25) is 5.91 Å². The number of carbonyl (C=O) groups is 1. The highest BCUT2D eigenvalue weighted by molar-refractivity contribution is 7.98. The number of thioether (sulfide) groups is 1. The molecule has 142 valence electrons. The molecule has 26 heavy (non-hydrogen) atoms. The van der Waals surface area contributed by atoms with Crippen LogP contribution in [0.25, 0.3) is 0 Å². The van der Waals surface area contributed by atoms with Crippen molar-refractivity contribution in [2.24, 2.45) is 21.8 Å². The van der Waals surface area contributed by atoms with Gasteiger partial charge < -0.3 is 0 Å². The number of amides is 1. The van der Waals surface area contributed by atoms with Crippen LogP contribution in [0.1, 0.15) is 63.4 Å². The van der Waals surface area contributed by atoms with Gasteiger partial charge in [0.1, 0.15) is 0 Å². The first kappa shape index (κ1) is 19.3. The van der Waals surface area contributed by atoms with E-state index in [1.807, 2.05) is 20.1 Å². The summed E-state index contributed by atoms with van der Waals surface area (Å²) in [6, 6.07) is 0. The molecule has 0 spiro atoms. The average Bonchev–Trinajstić information content (AvgIpc) is 2.92. The molecule has 1 aromatic rings. The van der Waals surface area contributed by atoms with Gasteiger partial charge in [-0.2, -0.15) is 5.10 Å². The summed E-state index contributed by atoms with van der Waals surface area (Å²) in [6.07, 6.45) is 6.50. The Morgan fingerprint density at radius 3 is 2.42 bits per heavy atom. The van der Waals surface area contributed by atoms with Crippen molar-refractivity contribution >= 4 is 23.4 Å². The Morgan fingerprint density at radius 1 is 1.27 bits per heavy atom. The normalized spacial score (nSPS) is 27.9. The lowest BCUT2D eigenvalue weighted by Gasteiger charge is -2.34. The Kier molecular flexibility index (Phi) is 5.17. The molecule has 0 radical (unpaired) electrons. The molecule has 2 fully saturated rings. The van der Waals surface area contributed by atoms with Crippen molar-refractivity contribution in [1.82, 2.24) is 15.4 Å². The number of hydrogen-bond acceptors (Lipinski definition) is 5. The molecule has 2 atom stereocenters. The number of fused-ring (bicyclic) bond motifs is 2. The second kappa shape index (κ2) is 6.95. The number of nitrogens with one attached hydrogen (secondary N) is 1. The molecule has 5 nitrogen and oxygen atoms in total. The number of rotatable bonds is 5. The quantitative estimate of drug-likeness (QED) is 0.479. The van der Waals surface area contributed by atoms with Gasteiger partial charge >= 0.3 is 0 Å². The van der Waals surface area contributed by atoms with E-state index >= 15 is 0 Å². The van der Waals surface area contributed by atoms with E-state index < -0.39 is 0 Å². The minimum Gasteiger partial charge on any atom is -0.273 e. The van der Waals surface area contributed by atoms with Crippen LogP contribution in [0.4, 0.5) is 0 Å². The molecule has 0 aliphatic heterocycles. The van der Waals surface area contributed by atoms with E-state index in [9.17, 15) is 4.79 Å². The second-order valence-corrected chi connectivity index (χ2v) is 9.22. The van der Waals surface area contributed by atoms with E-state index in [2.05, 4.69) is 41.3 Å². The molecule has 3 rings (SSSR count). The Hall–Kier alpha value is -1.43. The third kappa shape index (κ3) is 3.17. The molecule has 1 aromatic heterocycles. The summed E-state index contributed by atoms with van der Waals surface area (Å²) >= 11 is 1.54. The maximum Gasteiger partial charge on any atom is 0.240 e. The van der Waals surface area contributed by atoms with Gasteiger partial charge in [-0.3, -0.25) is 4.79 Å². The van der Waals surface area contributed by atoms with Gasteiger partial charge in [-0.05, 0) is 62.7 Å².